The van der Waals surface area contributed by atoms with Crippen molar-refractivity contribution in [2.75, 3.05) is 19.0 Å². The molecule has 1 aromatic rings. The zero-order valence-corrected chi connectivity index (χ0v) is 14.7. The number of carbonyl (C=O) groups is 1. The van der Waals surface area contributed by atoms with Gasteiger partial charge in [-0.1, -0.05) is 28.8 Å². The van der Waals surface area contributed by atoms with Gasteiger partial charge >= 0.3 is 0 Å². The summed E-state index contributed by atoms with van der Waals surface area (Å²) >= 11 is 6.93. The lowest BCUT2D eigenvalue weighted by molar-refractivity contribution is 0.0695. The van der Waals surface area contributed by atoms with Gasteiger partial charge in [0.25, 0.3) is 5.91 Å². The Kier molecular flexibility index (Phi) is 5.90. The first kappa shape index (κ1) is 15.8. The van der Waals surface area contributed by atoms with Crippen LogP contribution in [0.4, 0.5) is 0 Å². The fourth-order valence-corrected chi connectivity index (χ4v) is 3.51. The zero-order chi connectivity index (χ0) is 14.5. The molecule has 0 N–H and O–H groups in total. The molecule has 1 saturated carbocycles. The summed E-state index contributed by atoms with van der Waals surface area (Å²) in [4.78, 5) is 14.8. The standard InChI is InChI=1S/C15H19Br2NO2/c1-20-12-6-7-14(17)13(10-12)15(19)18(9-8-16)11-4-2-3-5-11/h6-7,10-11H,2-5,8-9H2,1H3. The lowest BCUT2D eigenvalue weighted by Gasteiger charge is -2.29. The number of amides is 1. The second-order valence-electron chi connectivity index (χ2n) is 4.97. The van der Waals surface area contributed by atoms with Crippen LogP contribution >= 0.6 is 31.9 Å². The highest BCUT2D eigenvalue weighted by Crippen LogP contribution is 2.28. The minimum atomic E-state index is 0.0853. The number of ether oxygens (including phenoxy) is 1. The van der Waals surface area contributed by atoms with Gasteiger partial charge < -0.3 is 9.64 Å². The largest absolute Gasteiger partial charge is 0.497 e. The van der Waals surface area contributed by atoms with E-state index in [9.17, 15) is 4.79 Å². The molecule has 1 aromatic carbocycles. The molecule has 0 radical (unpaired) electrons. The van der Waals surface area contributed by atoms with Crippen molar-refractivity contribution in [1.82, 2.24) is 4.90 Å². The number of rotatable bonds is 5. The predicted molar refractivity (Wildman–Crippen MR) is 87.8 cm³/mol. The summed E-state index contributed by atoms with van der Waals surface area (Å²) in [7, 11) is 1.62. The third-order valence-electron chi connectivity index (χ3n) is 3.76. The van der Waals surface area contributed by atoms with Gasteiger partial charge in [0.2, 0.25) is 0 Å². The molecule has 1 aliphatic carbocycles. The molecule has 0 heterocycles. The summed E-state index contributed by atoms with van der Waals surface area (Å²) in [6.07, 6.45) is 4.66. The molecule has 1 fully saturated rings. The van der Waals surface area contributed by atoms with Crippen molar-refractivity contribution in [2.45, 2.75) is 31.7 Å². The van der Waals surface area contributed by atoms with Crippen LogP contribution in [0.5, 0.6) is 5.75 Å². The van der Waals surface area contributed by atoms with Crippen molar-refractivity contribution in [3.8, 4) is 5.75 Å². The normalized spacial score (nSPS) is 15.3. The van der Waals surface area contributed by atoms with E-state index in [0.29, 0.717) is 17.4 Å². The number of methoxy groups -OCH3 is 1. The molecule has 0 aromatic heterocycles. The molecule has 1 amide bonds. The van der Waals surface area contributed by atoms with E-state index in [4.69, 9.17) is 4.74 Å². The highest BCUT2D eigenvalue weighted by Gasteiger charge is 2.28. The second kappa shape index (κ2) is 7.46. The molecule has 1 aliphatic rings. The topological polar surface area (TPSA) is 29.5 Å². The zero-order valence-electron chi connectivity index (χ0n) is 11.6. The molecular formula is C15H19Br2NO2. The van der Waals surface area contributed by atoms with E-state index >= 15 is 0 Å². The van der Waals surface area contributed by atoms with Crippen molar-refractivity contribution in [3.63, 3.8) is 0 Å². The highest BCUT2D eigenvalue weighted by atomic mass is 79.9. The van der Waals surface area contributed by atoms with Crippen LogP contribution in [0.3, 0.4) is 0 Å². The Labute approximate surface area is 136 Å². The van der Waals surface area contributed by atoms with Gasteiger partial charge in [-0.05, 0) is 47.0 Å². The molecule has 5 heteroatoms. The minimum Gasteiger partial charge on any atom is -0.497 e. The maximum Gasteiger partial charge on any atom is 0.255 e. The Balaban J connectivity index is 2.26. The first-order valence-electron chi connectivity index (χ1n) is 6.88. The monoisotopic (exact) mass is 403 g/mol. The molecular weight excluding hydrogens is 386 g/mol. The molecule has 20 heavy (non-hydrogen) atoms. The maximum absolute atomic E-state index is 12.8. The van der Waals surface area contributed by atoms with E-state index in [1.165, 1.54) is 12.8 Å². The van der Waals surface area contributed by atoms with Gasteiger partial charge in [-0.15, -0.1) is 0 Å². The Morgan fingerprint density at radius 3 is 2.70 bits per heavy atom. The number of hydrogen-bond donors (Lipinski definition) is 0. The van der Waals surface area contributed by atoms with E-state index < -0.39 is 0 Å². The molecule has 0 atom stereocenters. The Bertz CT molecular complexity index is 473. The first-order chi connectivity index (χ1) is 9.67. The molecule has 0 unspecified atom stereocenters. The number of hydrogen-bond acceptors (Lipinski definition) is 2. The molecule has 0 saturated heterocycles. The summed E-state index contributed by atoms with van der Waals surface area (Å²) in [6, 6.07) is 5.90. The number of benzene rings is 1. The number of nitrogens with zero attached hydrogens (tertiary/aromatic N) is 1. The van der Waals surface area contributed by atoms with Crippen LogP contribution in [-0.4, -0.2) is 35.8 Å². The van der Waals surface area contributed by atoms with Gasteiger partial charge in [0.15, 0.2) is 0 Å². The first-order valence-corrected chi connectivity index (χ1v) is 8.79. The van der Waals surface area contributed by atoms with Crippen molar-refractivity contribution >= 4 is 37.8 Å². The lowest BCUT2D eigenvalue weighted by atomic mass is 10.1. The number of carbonyl (C=O) groups excluding carboxylic acids is 1. The summed E-state index contributed by atoms with van der Waals surface area (Å²) in [5.41, 5.74) is 0.678. The lowest BCUT2D eigenvalue weighted by Crippen LogP contribution is -2.40. The van der Waals surface area contributed by atoms with Gasteiger partial charge in [-0.25, -0.2) is 0 Å². The van der Waals surface area contributed by atoms with Crippen LogP contribution in [0.1, 0.15) is 36.0 Å². The Morgan fingerprint density at radius 1 is 1.40 bits per heavy atom. The van der Waals surface area contributed by atoms with Crippen molar-refractivity contribution in [1.29, 1.82) is 0 Å². The van der Waals surface area contributed by atoms with E-state index in [-0.39, 0.29) is 5.91 Å². The van der Waals surface area contributed by atoms with Crippen molar-refractivity contribution in [3.05, 3.63) is 28.2 Å². The smallest absolute Gasteiger partial charge is 0.255 e. The average molecular weight is 405 g/mol. The van der Waals surface area contributed by atoms with Gasteiger partial charge in [0, 0.05) is 22.4 Å². The van der Waals surface area contributed by atoms with Crippen LogP contribution < -0.4 is 4.74 Å². The van der Waals surface area contributed by atoms with Crippen LogP contribution in [-0.2, 0) is 0 Å². The summed E-state index contributed by atoms with van der Waals surface area (Å²) in [6.45, 7) is 0.743. The number of alkyl halides is 1. The van der Waals surface area contributed by atoms with E-state index in [0.717, 1.165) is 29.2 Å². The van der Waals surface area contributed by atoms with Crippen molar-refractivity contribution in [2.24, 2.45) is 0 Å². The summed E-state index contributed by atoms with van der Waals surface area (Å²) < 4.78 is 6.04. The quantitative estimate of drug-likeness (QED) is 0.687. The Morgan fingerprint density at radius 2 is 2.10 bits per heavy atom. The van der Waals surface area contributed by atoms with Gasteiger partial charge in [0.1, 0.15) is 5.75 Å². The van der Waals surface area contributed by atoms with E-state index in [1.54, 1.807) is 7.11 Å². The number of halogens is 2. The van der Waals surface area contributed by atoms with Crippen molar-refractivity contribution < 1.29 is 9.53 Å². The molecule has 0 spiro atoms. The fourth-order valence-electron chi connectivity index (χ4n) is 2.71. The molecule has 0 aliphatic heterocycles. The fraction of sp³-hybridized carbons (Fsp3) is 0.533. The van der Waals surface area contributed by atoms with Gasteiger partial charge in [-0.2, -0.15) is 0 Å². The third-order valence-corrected chi connectivity index (χ3v) is 4.80. The Hall–Kier alpha value is -0.550. The maximum atomic E-state index is 12.8. The minimum absolute atomic E-state index is 0.0853. The second-order valence-corrected chi connectivity index (χ2v) is 6.62. The predicted octanol–water partition coefficient (Wildman–Crippen LogP) is 4.24. The third kappa shape index (κ3) is 3.55. The highest BCUT2D eigenvalue weighted by molar-refractivity contribution is 9.10. The average Bonchev–Trinajstić information content (AvgIpc) is 2.98. The molecule has 110 valence electrons. The molecule has 0 bridgehead atoms. The molecule has 3 nitrogen and oxygen atoms in total. The summed E-state index contributed by atoms with van der Waals surface area (Å²) in [5.74, 6) is 0.795. The van der Waals surface area contributed by atoms with Gasteiger partial charge in [0.05, 0.1) is 12.7 Å². The SMILES string of the molecule is COc1ccc(Br)c(C(=O)N(CCBr)C2CCCC2)c1. The molecule has 2 rings (SSSR count). The van der Waals surface area contributed by atoms with Crippen LogP contribution in [0, 0.1) is 0 Å². The van der Waals surface area contributed by atoms with Crippen LogP contribution in [0.25, 0.3) is 0 Å². The van der Waals surface area contributed by atoms with E-state index in [2.05, 4.69) is 31.9 Å². The van der Waals surface area contributed by atoms with Gasteiger partial charge in [-0.3, -0.25) is 4.79 Å². The van der Waals surface area contributed by atoms with E-state index in [1.807, 2.05) is 23.1 Å². The van der Waals surface area contributed by atoms with Crippen LogP contribution in [0.2, 0.25) is 0 Å². The van der Waals surface area contributed by atoms with Crippen LogP contribution in [0.15, 0.2) is 22.7 Å². The summed E-state index contributed by atoms with van der Waals surface area (Å²) in [5, 5.41) is 0.802.